The number of hydrogen-bond donors (Lipinski definition) is 1. The van der Waals surface area contributed by atoms with Crippen molar-refractivity contribution in [3.63, 3.8) is 0 Å². The van der Waals surface area contributed by atoms with Crippen LogP contribution in [-0.4, -0.2) is 52.3 Å². The molecular weight excluding hydrogens is 416 g/mol. The molecule has 0 bridgehead atoms. The quantitative estimate of drug-likeness (QED) is 0.573. The number of amides is 2. The zero-order chi connectivity index (χ0) is 23.2. The number of carbonyl (C=O) groups is 2. The largest absolute Gasteiger partial charge is 0.376 e. The number of nitrogens with zero attached hydrogens (tertiary/aromatic N) is 3. The van der Waals surface area contributed by atoms with E-state index in [4.69, 9.17) is 4.74 Å². The highest BCUT2D eigenvalue weighted by Gasteiger charge is 2.25. The van der Waals surface area contributed by atoms with Crippen molar-refractivity contribution in [2.75, 3.05) is 25.0 Å². The molecule has 1 fully saturated rings. The van der Waals surface area contributed by atoms with Crippen LogP contribution < -0.4 is 5.32 Å². The fourth-order valence-corrected chi connectivity index (χ4v) is 4.00. The van der Waals surface area contributed by atoms with E-state index in [1.165, 1.54) is 0 Å². The van der Waals surface area contributed by atoms with Crippen molar-refractivity contribution in [2.24, 2.45) is 0 Å². The van der Waals surface area contributed by atoms with Gasteiger partial charge in [0.25, 0.3) is 0 Å². The first kappa shape index (κ1) is 22.7. The van der Waals surface area contributed by atoms with Crippen molar-refractivity contribution in [1.29, 1.82) is 0 Å². The van der Waals surface area contributed by atoms with Gasteiger partial charge in [0.2, 0.25) is 11.8 Å². The molecule has 2 aromatic carbocycles. The molecule has 7 nitrogen and oxygen atoms in total. The molecule has 2 heterocycles. The van der Waals surface area contributed by atoms with E-state index in [0.29, 0.717) is 13.2 Å². The average molecular weight is 447 g/mol. The molecule has 1 atom stereocenters. The van der Waals surface area contributed by atoms with Gasteiger partial charge < -0.3 is 15.0 Å². The van der Waals surface area contributed by atoms with E-state index in [0.717, 1.165) is 40.9 Å². The van der Waals surface area contributed by atoms with Gasteiger partial charge in [-0.15, -0.1) is 0 Å². The van der Waals surface area contributed by atoms with E-state index >= 15 is 0 Å². The molecule has 0 aliphatic carbocycles. The Morgan fingerprint density at radius 1 is 1.15 bits per heavy atom. The van der Waals surface area contributed by atoms with Crippen LogP contribution in [0.2, 0.25) is 0 Å². The molecule has 1 saturated heterocycles. The third-order valence-electron chi connectivity index (χ3n) is 6.03. The second kappa shape index (κ2) is 10.4. The van der Waals surface area contributed by atoms with Gasteiger partial charge in [-0.25, -0.2) is 4.68 Å². The first-order valence-corrected chi connectivity index (χ1v) is 11.3. The van der Waals surface area contributed by atoms with Crippen LogP contribution >= 0.6 is 0 Å². The van der Waals surface area contributed by atoms with Crippen molar-refractivity contribution >= 4 is 17.5 Å². The van der Waals surface area contributed by atoms with Crippen molar-refractivity contribution < 1.29 is 14.3 Å². The van der Waals surface area contributed by atoms with Gasteiger partial charge in [-0.1, -0.05) is 30.3 Å². The summed E-state index contributed by atoms with van der Waals surface area (Å²) < 4.78 is 7.49. The van der Waals surface area contributed by atoms with E-state index in [-0.39, 0.29) is 30.9 Å². The topological polar surface area (TPSA) is 76.5 Å². The zero-order valence-electron chi connectivity index (χ0n) is 19.2. The first-order chi connectivity index (χ1) is 16.0. The maximum absolute atomic E-state index is 13.2. The zero-order valence-corrected chi connectivity index (χ0v) is 19.2. The summed E-state index contributed by atoms with van der Waals surface area (Å²) in [5, 5.41) is 7.34. The lowest BCUT2D eigenvalue weighted by molar-refractivity contribution is -0.135. The van der Waals surface area contributed by atoms with E-state index in [1.807, 2.05) is 68.6 Å². The monoisotopic (exact) mass is 446 g/mol. The lowest BCUT2D eigenvalue weighted by atomic mass is 10.1. The van der Waals surface area contributed by atoms with Crippen molar-refractivity contribution in [1.82, 2.24) is 14.7 Å². The maximum atomic E-state index is 13.2. The van der Waals surface area contributed by atoms with Gasteiger partial charge in [0.15, 0.2) is 0 Å². The fourth-order valence-electron chi connectivity index (χ4n) is 4.00. The Morgan fingerprint density at radius 2 is 1.97 bits per heavy atom. The van der Waals surface area contributed by atoms with E-state index < -0.39 is 0 Å². The summed E-state index contributed by atoms with van der Waals surface area (Å²) in [5.74, 6) is -0.329. The Hall–Kier alpha value is -3.45. The van der Waals surface area contributed by atoms with Crippen LogP contribution in [0.3, 0.4) is 0 Å². The molecule has 33 heavy (non-hydrogen) atoms. The van der Waals surface area contributed by atoms with Crippen LogP contribution in [0, 0.1) is 13.8 Å². The lowest BCUT2D eigenvalue weighted by Crippen LogP contribution is -2.43. The molecular formula is C26H30N4O3. The number of aromatic nitrogens is 2. The van der Waals surface area contributed by atoms with Gasteiger partial charge in [-0.05, 0) is 61.6 Å². The SMILES string of the molecule is Cc1cccc(NC(=O)CN(CC2CCCO2)C(=O)Cc2cnn(-c3ccccc3)c2)c1C. The normalized spacial score (nSPS) is 15.4. The summed E-state index contributed by atoms with van der Waals surface area (Å²) in [7, 11) is 0. The lowest BCUT2D eigenvalue weighted by Gasteiger charge is -2.25. The standard InChI is InChI=1S/C26H30N4O3/c1-19-8-6-12-24(20(19)2)28-25(31)18-29(17-23-11-7-13-33-23)26(32)14-21-15-27-30(16-21)22-9-4-3-5-10-22/h3-6,8-10,12,15-16,23H,7,11,13-14,17-18H2,1-2H3,(H,28,31). The molecule has 2 amide bonds. The Morgan fingerprint density at radius 3 is 2.73 bits per heavy atom. The predicted octanol–water partition coefficient (Wildman–Crippen LogP) is 3.68. The molecule has 0 saturated carbocycles. The number of hydrogen-bond acceptors (Lipinski definition) is 4. The third kappa shape index (κ3) is 5.87. The second-order valence-corrected chi connectivity index (χ2v) is 8.51. The molecule has 7 heteroatoms. The summed E-state index contributed by atoms with van der Waals surface area (Å²) >= 11 is 0. The van der Waals surface area contributed by atoms with Gasteiger partial charge in [-0.3, -0.25) is 9.59 Å². The highest BCUT2D eigenvalue weighted by molar-refractivity contribution is 5.95. The average Bonchev–Trinajstić information content (AvgIpc) is 3.49. The summed E-state index contributed by atoms with van der Waals surface area (Å²) in [5.41, 5.74) is 4.64. The van der Waals surface area contributed by atoms with Gasteiger partial charge in [0.1, 0.15) is 0 Å². The van der Waals surface area contributed by atoms with E-state index in [9.17, 15) is 9.59 Å². The molecule has 1 aromatic heterocycles. The number of rotatable bonds is 8. The van der Waals surface area contributed by atoms with E-state index in [2.05, 4.69) is 10.4 Å². The molecule has 3 aromatic rings. The number of anilines is 1. The van der Waals surface area contributed by atoms with Crippen LogP contribution in [0.1, 0.15) is 29.5 Å². The molecule has 0 spiro atoms. The molecule has 0 radical (unpaired) electrons. The highest BCUT2D eigenvalue weighted by atomic mass is 16.5. The molecule has 1 aliphatic rings. The number of carbonyl (C=O) groups excluding carboxylic acids is 2. The van der Waals surface area contributed by atoms with Crippen molar-refractivity contribution in [2.45, 2.75) is 39.2 Å². The Kier molecular flexibility index (Phi) is 7.19. The molecule has 1 N–H and O–H groups in total. The smallest absolute Gasteiger partial charge is 0.244 e. The van der Waals surface area contributed by atoms with Crippen molar-refractivity contribution in [3.8, 4) is 5.69 Å². The molecule has 4 rings (SSSR count). The Labute approximate surface area is 194 Å². The fraction of sp³-hybridized carbons (Fsp3) is 0.346. The minimum absolute atomic E-state index is 0.0150. The minimum Gasteiger partial charge on any atom is -0.376 e. The van der Waals surface area contributed by atoms with Crippen LogP contribution in [0.25, 0.3) is 5.69 Å². The Balaban J connectivity index is 1.44. The van der Waals surface area contributed by atoms with Crippen molar-refractivity contribution in [3.05, 3.63) is 77.6 Å². The molecule has 1 aliphatic heterocycles. The highest BCUT2D eigenvalue weighted by Crippen LogP contribution is 2.19. The summed E-state index contributed by atoms with van der Waals surface area (Å²) in [6.07, 6.45) is 5.57. The summed E-state index contributed by atoms with van der Waals surface area (Å²) in [6, 6.07) is 15.6. The van der Waals surface area contributed by atoms with Gasteiger partial charge in [0, 0.05) is 25.0 Å². The van der Waals surface area contributed by atoms with Crippen LogP contribution in [-0.2, 0) is 20.7 Å². The number of aryl methyl sites for hydroxylation is 1. The predicted molar refractivity (Wildman–Crippen MR) is 127 cm³/mol. The van der Waals surface area contributed by atoms with Crippen LogP contribution in [0.15, 0.2) is 60.9 Å². The summed E-state index contributed by atoms with van der Waals surface area (Å²) in [6.45, 7) is 5.08. The number of benzene rings is 2. The second-order valence-electron chi connectivity index (χ2n) is 8.51. The third-order valence-corrected chi connectivity index (χ3v) is 6.03. The van der Waals surface area contributed by atoms with Crippen LogP contribution in [0.4, 0.5) is 5.69 Å². The van der Waals surface area contributed by atoms with E-state index in [1.54, 1.807) is 15.8 Å². The van der Waals surface area contributed by atoms with Gasteiger partial charge in [0.05, 0.1) is 31.0 Å². The molecule has 1 unspecified atom stereocenters. The number of nitrogens with one attached hydrogen (secondary N) is 1. The van der Waals surface area contributed by atoms with Gasteiger partial charge in [-0.2, -0.15) is 5.10 Å². The van der Waals surface area contributed by atoms with Crippen LogP contribution in [0.5, 0.6) is 0 Å². The first-order valence-electron chi connectivity index (χ1n) is 11.3. The number of para-hydroxylation sites is 1. The number of ether oxygens (including phenoxy) is 1. The summed E-state index contributed by atoms with van der Waals surface area (Å²) in [4.78, 5) is 27.7. The molecule has 172 valence electrons. The maximum Gasteiger partial charge on any atom is 0.244 e. The minimum atomic E-state index is -0.213. The van der Waals surface area contributed by atoms with Gasteiger partial charge >= 0.3 is 0 Å². The Bertz CT molecular complexity index is 1100.